The number of halogens is 2. The standard InChI is InChI=1S/C18H17F2NO4/c1-18(2,3)25-16(22)11-9-13(19)15(14(20)10-11)21-17(23)24-12-7-5-4-6-8-12/h4-10H,1-3H3,(H,21,23). The molecule has 0 aromatic heterocycles. The minimum absolute atomic E-state index is 0.214. The van der Waals surface area contributed by atoms with Gasteiger partial charge in [-0.1, -0.05) is 18.2 Å². The molecule has 0 heterocycles. The van der Waals surface area contributed by atoms with E-state index < -0.39 is 35.0 Å². The summed E-state index contributed by atoms with van der Waals surface area (Å²) in [6.45, 7) is 4.90. The van der Waals surface area contributed by atoms with Gasteiger partial charge in [0, 0.05) is 0 Å². The lowest BCUT2D eigenvalue weighted by Crippen LogP contribution is -2.24. The van der Waals surface area contributed by atoms with Crippen LogP contribution in [0.2, 0.25) is 0 Å². The van der Waals surface area contributed by atoms with E-state index in [9.17, 15) is 18.4 Å². The lowest BCUT2D eigenvalue weighted by Gasteiger charge is -2.19. The van der Waals surface area contributed by atoms with Gasteiger partial charge in [0.15, 0.2) is 11.6 Å². The first-order valence-electron chi connectivity index (χ1n) is 7.42. The van der Waals surface area contributed by atoms with Crippen molar-refractivity contribution in [3.8, 4) is 5.75 Å². The molecule has 2 aromatic rings. The maximum atomic E-state index is 14.1. The first-order valence-corrected chi connectivity index (χ1v) is 7.42. The van der Waals surface area contributed by atoms with Crippen LogP contribution in [0.25, 0.3) is 0 Å². The van der Waals surface area contributed by atoms with E-state index in [1.54, 1.807) is 39.0 Å². The summed E-state index contributed by atoms with van der Waals surface area (Å²) in [6.07, 6.45) is -1.06. The normalized spacial score (nSPS) is 10.9. The number of hydrogen-bond donors (Lipinski definition) is 1. The average molecular weight is 349 g/mol. The largest absolute Gasteiger partial charge is 0.456 e. The van der Waals surface area contributed by atoms with Crippen molar-refractivity contribution in [3.05, 3.63) is 59.7 Å². The average Bonchev–Trinajstić information content (AvgIpc) is 2.50. The number of hydrogen-bond acceptors (Lipinski definition) is 4. The van der Waals surface area contributed by atoms with Crippen LogP contribution in [0.15, 0.2) is 42.5 Å². The Labute approximate surface area is 143 Å². The molecule has 0 aliphatic rings. The van der Waals surface area contributed by atoms with Gasteiger partial charge in [-0.2, -0.15) is 0 Å². The zero-order chi connectivity index (χ0) is 18.6. The van der Waals surface area contributed by atoms with Crippen LogP contribution in [0.4, 0.5) is 19.3 Å². The Morgan fingerprint density at radius 1 is 1.00 bits per heavy atom. The quantitative estimate of drug-likeness (QED) is 0.827. The van der Waals surface area contributed by atoms with Gasteiger partial charge in [0.05, 0.1) is 5.56 Å². The fourth-order valence-corrected chi connectivity index (χ4v) is 1.87. The molecule has 5 nitrogen and oxygen atoms in total. The van der Waals surface area contributed by atoms with Gasteiger partial charge >= 0.3 is 12.1 Å². The van der Waals surface area contributed by atoms with Crippen molar-refractivity contribution < 1.29 is 27.8 Å². The van der Waals surface area contributed by atoms with Crippen molar-refractivity contribution in [3.63, 3.8) is 0 Å². The van der Waals surface area contributed by atoms with Crippen molar-refractivity contribution in [1.82, 2.24) is 0 Å². The minimum atomic E-state index is -1.12. The van der Waals surface area contributed by atoms with Crippen molar-refractivity contribution in [2.45, 2.75) is 26.4 Å². The van der Waals surface area contributed by atoms with Crippen LogP contribution in [0, 0.1) is 11.6 Å². The SMILES string of the molecule is CC(C)(C)OC(=O)c1cc(F)c(NC(=O)Oc2ccccc2)c(F)c1. The topological polar surface area (TPSA) is 64.6 Å². The van der Waals surface area contributed by atoms with Crippen molar-refractivity contribution >= 4 is 17.7 Å². The summed E-state index contributed by atoms with van der Waals surface area (Å²) in [5.41, 5.74) is -1.82. The Balaban J connectivity index is 2.14. The number of benzene rings is 2. The summed E-state index contributed by atoms with van der Waals surface area (Å²) in [5, 5.41) is 1.98. The van der Waals surface area contributed by atoms with Crippen LogP contribution in [0.1, 0.15) is 31.1 Å². The molecule has 132 valence electrons. The second-order valence-corrected chi connectivity index (χ2v) is 6.14. The summed E-state index contributed by atoms with van der Waals surface area (Å²) in [4.78, 5) is 23.6. The molecule has 0 aliphatic heterocycles. The number of carbonyl (C=O) groups excluding carboxylic acids is 2. The number of para-hydroxylation sites is 1. The summed E-state index contributed by atoms with van der Waals surface area (Å²) >= 11 is 0. The number of rotatable bonds is 3. The van der Waals surface area contributed by atoms with Crippen LogP contribution < -0.4 is 10.1 Å². The van der Waals surface area contributed by atoms with E-state index in [4.69, 9.17) is 9.47 Å². The number of carbonyl (C=O) groups is 2. The highest BCUT2D eigenvalue weighted by molar-refractivity contribution is 5.92. The molecular formula is C18H17F2NO4. The zero-order valence-electron chi connectivity index (χ0n) is 13.9. The van der Waals surface area contributed by atoms with E-state index in [1.165, 1.54) is 12.1 Å². The van der Waals surface area contributed by atoms with E-state index in [-0.39, 0.29) is 11.3 Å². The predicted octanol–water partition coefficient (Wildman–Crippen LogP) is 4.53. The number of nitrogens with one attached hydrogen (secondary N) is 1. The Morgan fingerprint density at radius 2 is 1.56 bits per heavy atom. The smallest absolute Gasteiger partial charge is 0.417 e. The van der Waals surface area contributed by atoms with Gasteiger partial charge < -0.3 is 9.47 Å². The first kappa shape index (κ1) is 18.4. The van der Waals surface area contributed by atoms with Crippen molar-refractivity contribution in [1.29, 1.82) is 0 Å². The minimum Gasteiger partial charge on any atom is -0.456 e. The van der Waals surface area contributed by atoms with E-state index in [1.807, 2.05) is 5.32 Å². The highest BCUT2D eigenvalue weighted by atomic mass is 19.1. The molecule has 25 heavy (non-hydrogen) atoms. The van der Waals surface area contributed by atoms with Gasteiger partial charge in [-0.05, 0) is 45.0 Å². The van der Waals surface area contributed by atoms with Gasteiger partial charge in [-0.3, -0.25) is 5.32 Å². The molecule has 2 rings (SSSR count). The highest BCUT2D eigenvalue weighted by Gasteiger charge is 2.22. The fourth-order valence-electron chi connectivity index (χ4n) is 1.87. The molecule has 0 aliphatic carbocycles. The van der Waals surface area contributed by atoms with Gasteiger partial charge in [-0.15, -0.1) is 0 Å². The second kappa shape index (κ2) is 7.29. The summed E-state index contributed by atoms with van der Waals surface area (Å²) in [5.74, 6) is -2.90. The molecule has 0 bridgehead atoms. The Bertz CT molecular complexity index is 762. The molecule has 7 heteroatoms. The van der Waals surface area contributed by atoms with Crippen LogP contribution in [0.3, 0.4) is 0 Å². The van der Waals surface area contributed by atoms with Gasteiger partial charge in [-0.25, -0.2) is 18.4 Å². The Hall–Kier alpha value is -2.96. The van der Waals surface area contributed by atoms with Crippen LogP contribution >= 0.6 is 0 Å². The maximum Gasteiger partial charge on any atom is 0.417 e. The van der Waals surface area contributed by atoms with Crippen LogP contribution in [-0.4, -0.2) is 17.7 Å². The number of esters is 1. The third-order valence-corrected chi connectivity index (χ3v) is 2.86. The molecule has 0 unspecified atom stereocenters. The predicted molar refractivity (Wildman–Crippen MR) is 87.6 cm³/mol. The lowest BCUT2D eigenvalue weighted by atomic mass is 10.1. The zero-order valence-corrected chi connectivity index (χ0v) is 13.9. The van der Waals surface area contributed by atoms with E-state index in [0.29, 0.717) is 0 Å². The maximum absolute atomic E-state index is 14.1. The third kappa shape index (κ3) is 5.27. The molecule has 0 saturated heterocycles. The Morgan fingerprint density at radius 3 is 2.08 bits per heavy atom. The molecule has 1 N–H and O–H groups in total. The van der Waals surface area contributed by atoms with Crippen molar-refractivity contribution in [2.24, 2.45) is 0 Å². The highest BCUT2D eigenvalue weighted by Crippen LogP contribution is 2.23. The van der Waals surface area contributed by atoms with Gasteiger partial charge in [0.1, 0.15) is 17.0 Å². The summed E-state index contributed by atoms with van der Waals surface area (Å²) in [6, 6.07) is 9.60. The number of amides is 1. The first-order chi connectivity index (χ1) is 11.7. The monoisotopic (exact) mass is 349 g/mol. The van der Waals surface area contributed by atoms with Crippen LogP contribution in [0.5, 0.6) is 5.75 Å². The molecule has 0 saturated carbocycles. The molecule has 0 radical (unpaired) electrons. The van der Waals surface area contributed by atoms with Gasteiger partial charge in [0.2, 0.25) is 0 Å². The molecule has 0 fully saturated rings. The lowest BCUT2D eigenvalue weighted by molar-refractivity contribution is 0.00685. The Kier molecular flexibility index (Phi) is 5.36. The molecule has 2 aromatic carbocycles. The fraction of sp³-hybridized carbons (Fsp3) is 0.222. The third-order valence-electron chi connectivity index (χ3n) is 2.86. The molecule has 1 amide bonds. The molecule has 0 atom stereocenters. The molecule has 0 spiro atoms. The van der Waals surface area contributed by atoms with E-state index in [0.717, 1.165) is 12.1 Å². The van der Waals surface area contributed by atoms with Crippen LogP contribution in [-0.2, 0) is 4.74 Å². The second-order valence-electron chi connectivity index (χ2n) is 6.14. The number of ether oxygens (including phenoxy) is 2. The number of anilines is 1. The summed E-state index contributed by atoms with van der Waals surface area (Å²) < 4.78 is 38.1. The van der Waals surface area contributed by atoms with E-state index >= 15 is 0 Å². The molecular weight excluding hydrogens is 332 g/mol. The van der Waals surface area contributed by atoms with Gasteiger partial charge in [0.25, 0.3) is 0 Å². The van der Waals surface area contributed by atoms with Crippen molar-refractivity contribution in [2.75, 3.05) is 5.32 Å². The summed E-state index contributed by atoms with van der Waals surface area (Å²) in [7, 11) is 0. The van der Waals surface area contributed by atoms with E-state index in [2.05, 4.69) is 0 Å².